The zero-order valence-corrected chi connectivity index (χ0v) is 4.83. The van der Waals surface area contributed by atoms with Crippen molar-refractivity contribution in [2.24, 2.45) is 0 Å². The van der Waals surface area contributed by atoms with Crippen molar-refractivity contribution < 1.29 is 4.74 Å². The molecule has 0 aromatic heterocycles. The summed E-state index contributed by atoms with van der Waals surface area (Å²) in [5.74, 6) is 0. The number of ether oxygens (including phenoxy) is 1. The van der Waals surface area contributed by atoms with Crippen LogP contribution in [0.15, 0.2) is 0 Å². The summed E-state index contributed by atoms with van der Waals surface area (Å²) in [7, 11) is 0. The number of rotatable bonds is 2. The van der Waals surface area contributed by atoms with Crippen LogP contribution in [0.2, 0.25) is 0 Å². The minimum absolute atomic E-state index is 0.130. The Morgan fingerprint density at radius 2 is 2.33 bits per heavy atom. The second-order valence-electron chi connectivity index (χ2n) is 0.998. The number of hydrogen-bond donors (Lipinski definition) is 0. The predicted molar refractivity (Wildman–Crippen MR) is 26.9 cm³/mol. The molecule has 0 heterocycles. The standard InChI is InChI=1S/C4H9ClO/c1-3-6-4(2)5/h4H,3H2,1-2H3/t4-/m0/s1. The third-order valence-corrected chi connectivity index (χ3v) is 0.522. The highest BCUT2D eigenvalue weighted by Crippen LogP contribution is 1.92. The molecule has 0 unspecified atom stereocenters. The van der Waals surface area contributed by atoms with Crippen molar-refractivity contribution in [3.8, 4) is 0 Å². The van der Waals surface area contributed by atoms with Crippen LogP contribution in [0.1, 0.15) is 13.8 Å². The molecule has 0 aliphatic heterocycles. The molecule has 0 aromatic carbocycles. The van der Waals surface area contributed by atoms with Gasteiger partial charge in [0, 0.05) is 6.61 Å². The Hall–Kier alpha value is 0.250. The van der Waals surface area contributed by atoms with Crippen LogP contribution in [0.4, 0.5) is 0 Å². The van der Waals surface area contributed by atoms with Gasteiger partial charge in [0.15, 0.2) is 0 Å². The molecular formula is C4H9ClO. The van der Waals surface area contributed by atoms with Crippen LogP contribution >= 0.6 is 11.6 Å². The van der Waals surface area contributed by atoms with Gasteiger partial charge in [-0.25, -0.2) is 0 Å². The van der Waals surface area contributed by atoms with Gasteiger partial charge in [-0.05, 0) is 13.8 Å². The van der Waals surface area contributed by atoms with Crippen LogP contribution in [0, 0.1) is 0 Å². The van der Waals surface area contributed by atoms with Crippen LogP contribution in [0.25, 0.3) is 0 Å². The van der Waals surface area contributed by atoms with Gasteiger partial charge in [0.1, 0.15) is 5.56 Å². The molecule has 0 spiro atoms. The molecule has 1 nitrogen and oxygen atoms in total. The van der Waals surface area contributed by atoms with Crippen molar-refractivity contribution in [1.82, 2.24) is 0 Å². The molecule has 2 heteroatoms. The lowest BCUT2D eigenvalue weighted by Crippen LogP contribution is -1.96. The first-order valence-corrected chi connectivity index (χ1v) is 2.46. The SMILES string of the molecule is CCO[C@@H](C)Cl. The van der Waals surface area contributed by atoms with Gasteiger partial charge in [0.05, 0.1) is 0 Å². The Kier molecular flexibility index (Phi) is 3.58. The molecule has 38 valence electrons. The Labute approximate surface area is 43.3 Å². The molecule has 0 aliphatic carbocycles. The topological polar surface area (TPSA) is 9.23 Å². The molecule has 0 saturated heterocycles. The van der Waals surface area contributed by atoms with Crippen LogP contribution < -0.4 is 0 Å². The van der Waals surface area contributed by atoms with Gasteiger partial charge in [0.25, 0.3) is 0 Å². The number of hydrogen-bond acceptors (Lipinski definition) is 1. The maximum Gasteiger partial charge on any atom is 0.128 e. The van der Waals surface area contributed by atoms with E-state index < -0.39 is 0 Å². The number of alkyl halides is 1. The van der Waals surface area contributed by atoms with E-state index in [9.17, 15) is 0 Å². The van der Waals surface area contributed by atoms with E-state index in [1.807, 2.05) is 6.92 Å². The fourth-order valence-electron chi connectivity index (χ4n) is 0.230. The van der Waals surface area contributed by atoms with Crippen molar-refractivity contribution in [2.45, 2.75) is 19.4 Å². The average molecular weight is 109 g/mol. The Balaban J connectivity index is 2.63. The minimum Gasteiger partial charge on any atom is -0.363 e. The van der Waals surface area contributed by atoms with E-state index in [0.717, 1.165) is 0 Å². The zero-order valence-electron chi connectivity index (χ0n) is 4.07. The average Bonchev–Trinajstić information content (AvgIpc) is 1.35. The molecule has 0 radical (unpaired) electrons. The summed E-state index contributed by atoms with van der Waals surface area (Å²) in [4.78, 5) is 0. The molecule has 0 amide bonds. The van der Waals surface area contributed by atoms with Crippen LogP contribution in [0.5, 0.6) is 0 Å². The lowest BCUT2D eigenvalue weighted by Gasteiger charge is -1.97. The van der Waals surface area contributed by atoms with Gasteiger partial charge >= 0.3 is 0 Å². The Morgan fingerprint density at radius 1 is 1.83 bits per heavy atom. The van der Waals surface area contributed by atoms with E-state index in [1.54, 1.807) is 6.92 Å². The summed E-state index contributed by atoms with van der Waals surface area (Å²) in [5, 5.41) is 0. The van der Waals surface area contributed by atoms with E-state index in [-0.39, 0.29) is 5.56 Å². The first-order valence-electron chi connectivity index (χ1n) is 2.03. The summed E-state index contributed by atoms with van der Waals surface area (Å²) in [6.07, 6.45) is 0. The summed E-state index contributed by atoms with van der Waals surface area (Å²) >= 11 is 5.36. The molecule has 0 fully saturated rings. The van der Waals surface area contributed by atoms with Crippen molar-refractivity contribution in [2.75, 3.05) is 6.61 Å². The lowest BCUT2D eigenvalue weighted by atomic mass is 10.8. The highest BCUT2D eigenvalue weighted by molar-refractivity contribution is 6.19. The molecule has 1 atom stereocenters. The normalized spacial score (nSPS) is 14.5. The molecular weight excluding hydrogens is 99.5 g/mol. The fourth-order valence-corrected chi connectivity index (χ4v) is 0.356. The van der Waals surface area contributed by atoms with Gasteiger partial charge in [-0.15, -0.1) is 0 Å². The zero-order chi connectivity index (χ0) is 4.99. The smallest absolute Gasteiger partial charge is 0.128 e. The van der Waals surface area contributed by atoms with Gasteiger partial charge in [-0.1, -0.05) is 11.6 Å². The molecule has 0 N–H and O–H groups in total. The van der Waals surface area contributed by atoms with Gasteiger partial charge in [-0.2, -0.15) is 0 Å². The van der Waals surface area contributed by atoms with E-state index in [1.165, 1.54) is 0 Å². The summed E-state index contributed by atoms with van der Waals surface area (Å²) < 4.78 is 4.81. The van der Waals surface area contributed by atoms with Crippen molar-refractivity contribution >= 4 is 11.6 Å². The molecule has 6 heavy (non-hydrogen) atoms. The quantitative estimate of drug-likeness (QED) is 0.489. The van der Waals surface area contributed by atoms with Crippen LogP contribution in [-0.2, 0) is 4.74 Å². The monoisotopic (exact) mass is 108 g/mol. The van der Waals surface area contributed by atoms with Crippen molar-refractivity contribution in [3.05, 3.63) is 0 Å². The van der Waals surface area contributed by atoms with Crippen molar-refractivity contribution in [3.63, 3.8) is 0 Å². The first-order chi connectivity index (χ1) is 2.77. The van der Waals surface area contributed by atoms with E-state index in [2.05, 4.69) is 0 Å². The molecule has 0 rings (SSSR count). The Morgan fingerprint density at radius 3 is 2.33 bits per heavy atom. The highest BCUT2D eigenvalue weighted by atomic mass is 35.5. The lowest BCUT2D eigenvalue weighted by molar-refractivity contribution is 0.132. The molecule has 0 aliphatic rings. The molecule has 0 aromatic rings. The van der Waals surface area contributed by atoms with Crippen molar-refractivity contribution in [1.29, 1.82) is 0 Å². The summed E-state index contributed by atoms with van der Waals surface area (Å²) in [5.41, 5.74) is -0.130. The number of halogens is 1. The predicted octanol–water partition coefficient (Wildman–Crippen LogP) is 1.61. The van der Waals surface area contributed by atoms with Crippen LogP contribution in [0.3, 0.4) is 0 Å². The second kappa shape index (κ2) is 3.44. The largest absolute Gasteiger partial charge is 0.363 e. The van der Waals surface area contributed by atoms with Gasteiger partial charge in [0.2, 0.25) is 0 Å². The summed E-state index contributed by atoms with van der Waals surface area (Å²) in [6.45, 7) is 4.41. The van der Waals surface area contributed by atoms with Gasteiger partial charge in [-0.3, -0.25) is 0 Å². The minimum atomic E-state index is -0.130. The maximum absolute atomic E-state index is 5.36. The summed E-state index contributed by atoms with van der Waals surface area (Å²) in [6, 6.07) is 0. The third-order valence-electron chi connectivity index (χ3n) is 0.396. The van der Waals surface area contributed by atoms with Gasteiger partial charge < -0.3 is 4.74 Å². The third kappa shape index (κ3) is 4.25. The molecule has 0 saturated carbocycles. The Bertz CT molecular complexity index is 28.7. The maximum atomic E-state index is 5.36. The van der Waals surface area contributed by atoms with Crippen LogP contribution in [-0.4, -0.2) is 12.2 Å². The second-order valence-corrected chi connectivity index (χ2v) is 1.61. The highest BCUT2D eigenvalue weighted by Gasteiger charge is 1.86. The fraction of sp³-hybridized carbons (Fsp3) is 1.00. The van der Waals surface area contributed by atoms with E-state index >= 15 is 0 Å². The van der Waals surface area contributed by atoms with E-state index in [0.29, 0.717) is 6.61 Å². The van der Waals surface area contributed by atoms with E-state index in [4.69, 9.17) is 16.3 Å². The first kappa shape index (κ1) is 6.25. The molecule has 0 bridgehead atoms.